The van der Waals surface area contributed by atoms with Gasteiger partial charge in [0.15, 0.2) is 5.78 Å². The fourth-order valence-electron chi connectivity index (χ4n) is 4.10. The Kier molecular flexibility index (Phi) is 6.57. The number of hydrazine groups is 1. The number of carbonyl (C=O) groups is 4. The van der Waals surface area contributed by atoms with Crippen molar-refractivity contribution in [1.82, 2.24) is 10.0 Å². The lowest BCUT2D eigenvalue weighted by Crippen LogP contribution is -2.57. The van der Waals surface area contributed by atoms with Crippen molar-refractivity contribution in [1.29, 1.82) is 0 Å². The average molecular weight is 502 g/mol. The summed E-state index contributed by atoms with van der Waals surface area (Å²) in [6, 6.07) is 14.5. The summed E-state index contributed by atoms with van der Waals surface area (Å²) in [5.74, 6) is -3.70. The van der Waals surface area contributed by atoms with Gasteiger partial charge in [0.1, 0.15) is 11.6 Å². The lowest BCUT2D eigenvalue weighted by Gasteiger charge is -2.35. The number of fused-ring (bicyclic) bond motifs is 1. The van der Waals surface area contributed by atoms with Crippen LogP contribution in [-0.2, 0) is 0 Å². The van der Waals surface area contributed by atoms with Crippen LogP contribution in [0.4, 0.5) is 11.4 Å². The van der Waals surface area contributed by atoms with Gasteiger partial charge >= 0.3 is 0 Å². The molecule has 0 saturated heterocycles. The van der Waals surface area contributed by atoms with Crippen molar-refractivity contribution in [3.8, 4) is 0 Å². The van der Waals surface area contributed by atoms with Crippen molar-refractivity contribution in [2.24, 2.45) is 0 Å². The van der Waals surface area contributed by atoms with Crippen molar-refractivity contribution in [2.75, 3.05) is 0 Å². The molecule has 0 saturated carbocycles. The van der Waals surface area contributed by atoms with Crippen LogP contribution in [0.1, 0.15) is 54.8 Å². The normalized spacial score (nSPS) is 13.2. The Morgan fingerprint density at radius 3 is 2.05 bits per heavy atom. The van der Waals surface area contributed by atoms with Gasteiger partial charge in [0.05, 0.1) is 15.4 Å². The molecule has 1 aliphatic rings. The molecule has 3 amide bonds. The Morgan fingerprint density at radius 2 is 1.49 bits per heavy atom. The number of nitrogens with zero attached hydrogens (tertiary/aromatic N) is 4. The number of Topliss-reactive ketones (excluding diaryl/α,β-unsaturated/α-hetero) is 1. The maximum absolute atomic E-state index is 13.7. The number of non-ortho nitro benzene ring substituents is 1. The van der Waals surface area contributed by atoms with Crippen molar-refractivity contribution in [3.05, 3.63) is 115 Å². The maximum atomic E-state index is 13.7. The molecule has 3 aromatic carbocycles. The number of nitro benzene ring substituents is 2. The predicted octanol–water partition coefficient (Wildman–Crippen LogP) is 3.82. The third-order valence-corrected chi connectivity index (χ3v) is 5.86. The van der Waals surface area contributed by atoms with E-state index in [1.54, 1.807) is 25.1 Å². The van der Waals surface area contributed by atoms with Gasteiger partial charge in [-0.1, -0.05) is 43.3 Å². The molecule has 1 aliphatic heterocycles. The van der Waals surface area contributed by atoms with E-state index in [-0.39, 0.29) is 28.8 Å². The highest BCUT2D eigenvalue weighted by atomic mass is 16.6. The summed E-state index contributed by atoms with van der Waals surface area (Å²) in [6.45, 7) is 1.57. The molecule has 186 valence electrons. The summed E-state index contributed by atoms with van der Waals surface area (Å²) in [7, 11) is 0. The molecule has 0 fully saturated rings. The fraction of sp³-hybridized carbons (Fsp3) is 0.120. The first kappa shape index (κ1) is 24.9. The Balaban J connectivity index is 1.86. The molecule has 0 aliphatic carbocycles. The molecule has 12 heteroatoms. The molecule has 37 heavy (non-hydrogen) atoms. The first-order valence-electron chi connectivity index (χ1n) is 11.0. The zero-order chi connectivity index (χ0) is 26.9. The van der Waals surface area contributed by atoms with E-state index < -0.39 is 50.6 Å². The number of hydrogen-bond donors (Lipinski definition) is 0. The summed E-state index contributed by atoms with van der Waals surface area (Å²) in [5.41, 5.74) is -1.64. The van der Waals surface area contributed by atoms with Crippen LogP contribution >= 0.6 is 0 Å². The second-order valence-corrected chi connectivity index (χ2v) is 7.99. The van der Waals surface area contributed by atoms with Crippen LogP contribution in [0.15, 0.2) is 72.8 Å². The van der Waals surface area contributed by atoms with Crippen LogP contribution in [0.5, 0.6) is 0 Å². The van der Waals surface area contributed by atoms with Gasteiger partial charge < -0.3 is 0 Å². The van der Waals surface area contributed by atoms with Gasteiger partial charge in [-0.3, -0.25) is 39.4 Å². The highest BCUT2D eigenvalue weighted by molar-refractivity contribution is 6.24. The van der Waals surface area contributed by atoms with E-state index in [0.717, 1.165) is 30.3 Å². The van der Waals surface area contributed by atoms with E-state index in [1.165, 1.54) is 24.3 Å². The summed E-state index contributed by atoms with van der Waals surface area (Å²) < 4.78 is 0. The quantitative estimate of drug-likeness (QED) is 0.194. The summed E-state index contributed by atoms with van der Waals surface area (Å²) in [4.78, 5) is 75.1. The standard InChI is InChI=1S/C25H18N4O8/c1-2-19(22(30)15-7-4-3-5-8-15)26(23(31)16-11-13-17(14-12-16)28(34)35)27-24(32)18-9-6-10-20(29(36)37)21(18)25(27)33/h3-14,19H,2H2,1H3/t19-/m0/s1. The molecule has 1 heterocycles. The van der Waals surface area contributed by atoms with E-state index >= 15 is 0 Å². The molecule has 0 aromatic heterocycles. The van der Waals surface area contributed by atoms with Gasteiger partial charge in [0.2, 0.25) is 0 Å². The third-order valence-electron chi connectivity index (χ3n) is 5.86. The Morgan fingerprint density at radius 1 is 0.838 bits per heavy atom. The molecule has 12 nitrogen and oxygen atoms in total. The minimum atomic E-state index is -1.36. The molecular formula is C25H18N4O8. The van der Waals surface area contributed by atoms with Crippen LogP contribution in [0, 0.1) is 20.2 Å². The van der Waals surface area contributed by atoms with Gasteiger partial charge in [-0.25, -0.2) is 5.01 Å². The van der Waals surface area contributed by atoms with E-state index in [0.29, 0.717) is 10.0 Å². The molecule has 0 spiro atoms. The van der Waals surface area contributed by atoms with Crippen molar-refractivity contribution >= 4 is 34.9 Å². The Labute approximate surface area is 209 Å². The van der Waals surface area contributed by atoms with Gasteiger partial charge in [0.25, 0.3) is 29.1 Å². The SMILES string of the molecule is CC[C@@H](C(=O)c1ccccc1)N(C(=O)c1ccc([N+](=O)[O-])cc1)N1C(=O)c2cccc([N+](=O)[O-])c2C1=O. The van der Waals surface area contributed by atoms with Gasteiger partial charge in [-0.15, -0.1) is 0 Å². The minimum Gasteiger partial charge on any atom is -0.292 e. The topological polar surface area (TPSA) is 161 Å². The zero-order valence-corrected chi connectivity index (χ0v) is 19.3. The van der Waals surface area contributed by atoms with Gasteiger partial charge in [0, 0.05) is 29.3 Å². The van der Waals surface area contributed by atoms with Crippen LogP contribution in [0.2, 0.25) is 0 Å². The number of imide groups is 1. The van der Waals surface area contributed by atoms with E-state index in [2.05, 4.69) is 0 Å². The van der Waals surface area contributed by atoms with Crippen LogP contribution in [0.25, 0.3) is 0 Å². The number of rotatable bonds is 8. The molecular weight excluding hydrogens is 484 g/mol. The zero-order valence-electron chi connectivity index (χ0n) is 19.3. The number of ketones is 1. The highest BCUT2D eigenvalue weighted by Gasteiger charge is 2.48. The average Bonchev–Trinajstić information content (AvgIpc) is 3.16. The van der Waals surface area contributed by atoms with Gasteiger partial charge in [-0.2, -0.15) is 5.01 Å². The lowest BCUT2D eigenvalue weighted by atomic mass is 10.0. The van der Waals surface area contributed by atoms with Crippen molar-refractivity contribution in [2.45, 2.75) is 19.4 Å². The van der Waals surface area contributed by atoms with E-state index in [4.69, 9.17) is 0 Å². The molecule has 0 unspecified atom stereocenters. The number of benzene rings is 3. The molecule has 4 rings (SSSR count). The van der Waals surface area contributed by atoms with E-state index in [1.807, 2.05) is 0 Å². The molecule has 3 aromatic rings. The van der Waals surface area contributed by atoms with Crippen molar-refractivity contribution < 1.29 is 29.0 Å². The second kappa shape index (κ2) is 9.77. The Hall–Kier alpha value is -5.26. The fourth-order valence-corrected chi connectivity index (χ4v) is 4.10. The monoisotopic (exact) mass is 502 g/mol. The number of nitro groups is 2. The number of amides is 3. The summed E-state index contributed by atoms with van der Waals surface area (Å²) in [6.07, 6.45) is -0.0258. The van der Waals surface area contributed by atoms with Crippen LogP contribution in [-0.4, -0.2) is 49.4 Å². The predicted molar refractivity (Wildman–Crippen MR) is 128 cm³/mol. The summed E-state index contributed by atoms with van der Waals surface area (Å²) >= 11 is 0. The molecule has 0 bridgehead atoms. The lowest BCUT2D eigenvalue weighted by molar-refractivity contribution is -0.385. The molecule has 0 N–H and O–H groups in total. The number of carbonyl (C=O) groups excluding carboxylic acids is 4. The molecule has 1 atom stereocenters. The highest BCUT2D eigenvalue weighted by Crippen LogP contribution is 2.34. The Bertz CT molecular complexity index is 1450. The largest absolute Gasteiger partial charge is 0.292 e. The first-order chi connectivity index (χ1) is 17.7. The van der Waals surface area contributed by atoms with Crippen LogP contribution < -0.4 is 0 Å². The maximum Gasteiger partial charge on any atom is 0.287 e. The van der Waals surface area contributed by atoms with Gasteiger partial charge in [-0.05, 0) is 24.6 Å². The van der Waals surface area contributed by atoms with Crippen molar-refractivity contribution in [3.63, 3.8) is 0 Å². The molecule has 0 radical (unpaired) electrons. The van der Waals surface area contributed by atoms with E-state index in [9.17, 15) is 39.4 Å². The minimum absolute atomic E-state index is 0.0258. The number of hydrogen-bond acceptors (Lipinski definition) is 8. The third kappa shape index (κ3) is 4.31. The second-order valence-electron chi connectivity index (χ2n) is 7.99. The summed E-state index contributed by atoms with van der Waals surface area (Å²) in [5, 5.41) is 23.7. The first-order valence-corrected chi connectivity index (χ1v) is 11.0. The van der Waals surface area contributed by atoms with Crippen LogP contribution in [0.3, 0.4) is 0 Å². The smallest absolute Gasteiger partial charge is 0.287 e.